The van der Waals surface area contributed by atoms with Gasteiger partial charge in [-0.05, 0) is 41.5 Å². The number of hydrogen-bond donors (Lipinski definition) is 1. The van der Waals surface area contributed by atoms with Gasteiger partial charge in [0.15, 0.2) is 0 Å². The van der Waals surface area contributed by atoms with E-state index in [4.69, 9.17) is 4.74 Å². The van der Waals surface area contributed by atoms with Gasteiger partial charge in [-0.3, -0.25) is 0 Å². The molecular formula is C16H15F2NO2. The van der Waals surface area contributed by atoms with Crippen LogP contribution in [0.3, 0.4) is 0 Å². The molecule has 1 aliphatic heterocycles. The van der Waals surface area contributed by atoms with Crippen molar-refractivity contribution in [3.63, 3.8) is 0 Å². The van der Waals surface area contributed by atoms with Crippen LogP contribution in [0.2, 0.25) is 0 Å². The zero-order chi connectivity index (χ0) is 14.7. The van der Waals surface area contributed by atoms with E-state index in [1.807, 2.05) is 12.1 Å². The predicted molar refractivity (Wildman–Crippen MR) is 76.0 cm³/mol. The second-order valence-electron chi connectivity index (χ2n) is 4.80. The van der Waals surface area contributed by atoms with Crippen LogP contribution in [-0.2, 0) is 13.0 Å². The molecule has 0 spiro atoms. The first-order valence-corrected chi connectivity index (χ1v) is 6.74. The minimum absolute atomic E-state index is 0.158. The van der Waals surface area contributed by atoms with Gasteiger partial charge in [0.2, 0.25) is 0 Å². The van der Waals surface area contributed by atoms with Gasteiger partial charge in [-0.15, -0.1) is 0 Å². The summed E-state index contributed by atoms with van der Waals surface area (Å²) >= 11 is 0. The molecule has 0 saturated carbocycles. The van der Waals surface area contributed by atoms with Crippen LogP contribution in [0.25, 0.3) is 0 Å². The van der Waals surface area contributed by atoms with Crippen LogP contribution >= 0.6 is 0 Å². The van der Waals surface area contributed by atoms with Gasteiger partial charge in [-0.2, -0.15) is 8.78 Å². The average molecular weight is 291 g/mol. The zero-order valence-corrected chi connectivity index (χ0v) is 11.3. The molecule has 1 aliphatic rings. The number of nitrogens with one attached hydrogen (secondary N) is 1. The van der Waals surface area contributed by atoms with Crippen molar-refractivity contribution in [3.05, 3.63) is 53.6 Å². The molecule has 2 aromatic carbocycles. The minimum Gasteiger partial charge on any atom is -0.493 e. The first-order chi connectivity index (χ1) is 10.2. The summed E-state index contributed by atoms with van der Waals surface area (Å²) in [6.45, 7) is -1.38. The van der Waals surface area contributed by atoms with Crippen LogP contribution in [0.5, 0.6) is 11.5 Å². The molecule has 21 heavy (non-hydrogen) atoms. The van der Waals surface area contributed by atoms with Crippen molar-refractivity contribution in [2.45, 2.75) is 19.6 Å². The lowest BCUT2D eigenvalue weighted by molar-refractivity contribution is -0.0498. The maximum Gasteiger partial charge on any atom is 0.387 e. The second kappa shape index (κ2) is 5.99. The average Bonchev–Trinajstić information content (AvgIpc) is 2.93. The third-order valence-corrected chi connectivity index (χ3v) is 3.33. The molecule has 0 aromatic heterocycles. The van der Waals surface area contributed by atoms with E-state index >= 15 is 0 Å². The Morgan fingerprint density at radius 3 is 2.71 bits per heavy atom. The lowest BCUT2D eigenvalue weighted by Gasteiger charge is -2.09. The van der Waals surface area contributed by atoms with E-state index in [0.29, 0.717) is 6.54 Å². The topological polar surface area (TPSA) is 30.5 Å². The molecule has 3 rings (SSSR count). The molecule has 3 nitrogen and oxygen atoms in total. The molecule has 0 bridgehead atoms. The fraction of sp³-hybridized carbons (Fsp3) is 0.250. The lowest BCUT2D eigenvalue weighted by atomic mass is 10.1. The summed E-state index contributed by atoms with van der Waals surface area (Å²) in [6, 6.07) is 12.6. The zero-order valence-electron chi connectivity index (χ0n) is 11.3. The number of fused-ring (bicyclic) bond motifs is 1. The Kier molecular flexibility index (Phi) is 3.90. The smallest absolute Gasteiger partial charge is 0.387 e. The summed E-state index contributed by atoms with van der Waals surface area (Å²) in [5.74, 6) is 1.12. The van der Waals surface area contributed by atoms with Crippen LogP contribution < -0.4 is 14.8 Å². The van der Waals surface area contributed by atoms with Crippen LogP contribution in [0.4, 0.5) is 14.5 Å². The second-order valence-corrected chi connectivity index (χ2v) is 4.80. The highest BCUT2D eigenvalue weighted by Gasteiger charge is 2.11. The van der Waals surface area contributed by atoms with E-state index in [1.165, 1.54) is 17.7 Å². The maximum atomic E-state index is 12.1. The quantitative estimate of drug-likeness (QED) is 0.908. The minimum atomic E-state index is -2.79. The number of hydrogen-bond acceptors (Lipinski definition) is 3. The van der Waals surface area contributed by atoms with Crippen LogP contribution in [-0.4, -0.2) is 13.2 Å². The molecule has 1 heterocycles. The molecule has 0 unspecified atom stereocenters. The third kappa shape index (κ3) is 3.42. The van der Waals surface area contributed by atoms with Crippen molar-refractivity contribution in [1.29, 1.82) is 0 Å². The normalized spacial score (nSPS) is 12.9. The number of alkyl halides is 2. The SMILES string of the molecule is FC(F)Oc1ccc(NCc2ccc3c(c2)CCO3)cc1. The fourth-order valence-electron chi connectivity index (χ4n) is 2.31. The van der Waals surface area contributed by atoms with Gasteiger partial charge in [0.1, 0.15) is 11.5 Å². The predicted octanol–water partition coefficient (Wildman–Crippen LogP) is 3.84. The van der Waals surface area contributed by atoms with E-state index in [0.717, 1.165) is 30.0 Å². The first kappa shape index (κ1) is 13.7. The van der Waals surface area contributed by atoms with Gasteiger partial charge in [0.05, 0.1) is 6.61 Å². The summed E-state index contributed by atoms with van der Waals surface area (Å²) in [4.78, 5) is 0. The number of ether oxygens (including phenoxy) is 2. The van der Waals surface area contributed by atoms with E-state index in [2.05, 4.69) is 16.1 Å². The van der Waals surface area contributed by atoms with Crippen molar-refractivity contribution in [3.8, 4) is 11.5 Å². The Bertz CT molecular complexity index is 614. The molecule has 0 amide bonds. The van der Waals surface area contributed by atoms with Gasteiger partial charge in [-0.1, -0.05) is 12.1 Å². The Hall–Kier alpha value is -2.30. The highest BCUT2D eigenvalue weighted by Crippen LogP contribution is 2.26. The molecule has 0 atom stereocenters. The fourth-order valence-corrected chi connectivity index (χ4v) is 2.31. The molecular weight excluding hydrogens is 276 g/mol. The highest BCUT2D eigenvalue weighted by molar-refractivity contribution is 5.47. The maximum absolute atomic E-state index is 12.1. The number of halogens is 2. The van der Waals surface area contributed by atoms with Crippen molar-refractivity contribution in [2.24, 2.45) is 0 Å². The van der Waals surface area contributed by atoms with Gasteiger partial charge in [0.25, 0.3) is 0 Å². The summed E-state index contributed by atoms with van der Waals surface area (Å²) in [5, 5.41) is 3.25. The number of anilines is 1. The molecule has 110 valence electrons. The standard InChI is InChI=1S/C16H15F2NO2/c17-16(18)21-14-4-2-13(3-5-14)19-10-11-1-6-15-12(9-11)7-8-20-15/h1-6,9,16,19H,7-8,10H2. The Balaban J connectivity index is 1.59. The van der Waals surface area contributed by atoms with Gasteiger partial charge < -0.3 is 14.8 Å². The Labute approximate surface area is 121 Å². The monoisotopic (exact) mass is 291 g/mol. The largest absolute Gasteiger partial charge is 0.493 e. The van der Waals surface area contributed by atoms with Crippen LogP contribution in [0.1, 0.15) is 11.1 Å². The van der Waals surface area contributed by atoms with E-state index in [1.54, 1.807) is 12.1 Å². The van der Waals surface area contributed by atoms with Crippen molar-refractivity contribution >= 4 is 5.69 Å². The highest BCUT2D eigenvalue weighted by atomic mass is 19.3. The van der Waals surface area contributed by atoms with E-state index in [-0.39, 0.29) is 5.75 Å². The van der Waals surface area contributed by atoms with Crippen LogP contribution in [0.15, 0.2) is 42.5 Å². The van der Waals surface area contributed by atoms with Crippen molar-refractivity contribution in [2.75, 3.05) is 11.9 Å². The number of benzene rings is 2. The van der Waals surface area contributed by atoms with Gasteiger partial charge >= 0.3 is 6.61 Å². The van der Waals surface area contributed by atoms with E-state index in [9.17, 15) is 8.78 Å². The Morgan fingerprint density at radius 1 is 1.14 bits per heavy atom. The van der Waals surface area contributed by atoms with Crippen molar-refractivity contribution < 1.29 is 18.3 Å². The summed E-state index contributed by atoms with van der Waals surface area (Å²) in [5.41, 5.74) is 3.25. The van der Waals surface area contributed by atoms with Crippen molar-refractivity contribution in [1.82, 2.24) is 0 Å². The van der Waals surface area contributed by atoms with Crippen LogP contribution in [0, 0.1) is 0 Å². The Morgan fingerprint density at radius 2 is 1.95 bits per heavy atom. The van der Waals surface area contributed by atoms with Gasteiger partial charge in [-0.25, -0.2) is 0 Å². The molecule has 0 saturated heterocycles. The summed E-state index contributed by atoms with van der Waals surface area (Å²) in [6.07, 6.45) is 0.947. The molecule has 1 N–H and O–H groups in total. The third-order valence-electron chi connectivity index (χ3n) is 3.33. The molecule has 5 heteroatoms. The van der Waals surface area contributed by atoms with Gasteiger partial charge in [0, 0.05) is 18.7 Å². The first-order valence-electron chi connectivity index (χ1n) is 6.74. The lowest BCUT2D eigenvalue weighted by Crippen LogP contribution is -2.02. The molecule has 0 aliphatic carbocycles. The molecule has 0 radical (unpaired) electrons. The summed E-state index contributed by atoms with van der Waals surface area (Å²) < 4.78 is 33.9. The molecule has 0 fully saturated rings. The molecule has 2 aromatic rings. The number of rotatable bonds is 5. The summed E-state index contributed by atoms with van der Waals surface area (Å²) in [7, 11) is 0. The van der Waals surface area contributed by atoms with E-state index < -0.39 is 6.61 Å².